The Morgan fingerprint density at radius 1 is 1.18 bits per heavy atom. The highest BCUT2D eigenvalue weighted by Crippen LogP contribution is 2.33. The Morgan fingerprint density at radius 2 is 1.95 bits per heavy atom. The molecule has 0 saturated heterocycles. The molecule has 1 aliphatic heterocycles. The third-order valence-corrected chi connectivity index (χ3v) is 3.22. The van der Waals surface area contributed by atoms with Gasteiger partial charge in [0.25, 0.3) is 0 Å². The predicted octanol–water partition coefficient (Wildman–Crippen LogP) is 3.80. The van der Waals surface area contributed by atoms with Crippen molar-refractivity contribution >= 4 is 11.9 Å². The van der Waals surface area contributed by atoms with E-state index in [9.17, 15) is 9.90 Å². The first-order chi connectivity index (χ1) is 10.5. The topological polar surface area (TPSA) is 55.8 Å². The minimum atomic E-state index is -0.144. The van der Waals surface area contributed by atoms with Gasteiger partial charge in [0.05, 0.1) is 11.7 Å². The summed E-state index contributed by atoms with van der Waals surface area (Å²) in [5.41, 5.74) is 1.29. The van der Waals surface area contributed by atoms with E-state index in [1.807, 2.05) is 19.9 Å². The number of hydrogen-bond donors (Lipinski definition) is 1. The summed E-state index contributed by atoms with van der Waals surface area (Å²) in [4.78, 5) is 12.3. The van der Waals surface area contributed by atoms with Crippen molar-refractivity contribution in [2.45, 2.75) is 20.0 Å². The minimum absolute atomic E-state index is 0.0533. The van der Waals surface area contributed by atoms with Crippen molar-refractivity contribution in [2.24, 2.45) is 0 Å². The number of phenols is 1. The van der Waals surface area contributed by atoms with E-state index in [0.29, 0.717) is 17.1 Å². The highest BCUT2D eigenvalue weighted by molar-refractivity contribution is 6.14. The van der Waals surface area contributed by atoms with Gasteiger partial charge in [-0.1, -0.05) is 18.2 Å². The molecule has 4 heteroatoms. The molecule has 0 atom stereocenters. The number of rotatable bonds is 3. The number of phenolic OH excluding ortho intramolecular Hbond substituents is 1. The Morgan fingerprint density at radius 3 is 2.68 bits per heavy atom. The minimum Gasteiger partial charge on any atom is -0.504 e. The molecule has 0 saturated carbocycles. The molecule has 2 aromatic carbocycles. The fourth-order valence-corrected chi connectivity index (χ4v) is 2.26. The second-order valence-electron chi connectivity index (χ2n) is 5.33. The highest BCUT2D eigenvalue weighted by atomic mass is 16.5. The van der Waals surface area contributed by atoms with Gasteiger partial charge in [0.15, 0.2) is 17.3 Å². The molecular weight excluding hydrogens is 280 g/mol. The van der Waals surface area contributed by atoms with Gasteiger partial charge in [0, 0.05) is 0 Å². The third kappa shape index (κ3) is 2.68. The molecule has 0 aliphatic carbocycles. The van der Waals surface area contributed by atoms with Crippen LogP contribution in [-0.2, 0) is 0 Å². The SMILES string of the molecule is CC(C)Oc1cc(/C=C2\Oc3ccccc3C2=O)ccc1O. The fraction of sp³-hybridized carbons (Fsp3) is 0.167. The molecule has 0 radical (unpaired) electrons. The van der Waals surface area contributed by atoms with E-state index in [2.05, 4.69) is 0 Å². The molecule has 2 aromatic rings. The van der Waals surface area contributed by atoms with Gasteiger partial charge in [-0.15, -0.1) is 0 Å². The van der Waals surface area contributed by atoms with Gasteiger partial charge in [0.1, 0.15) is 5.75 Å². The van der Waals surface area contributed by atoms with Crippen LogP contribution >= 0.6 is 0 Å². The maximum Gasteiger partial charge on any atom is 0.231 e. The van der Waals surface area contributed by atoms with E-state index < -0.39 is 0 Å². The molecule has 0 spiro atoms. The number of carbonyl (C=O) groups excluding carboxylic acids is 1. The molecule has 0 amide bonds. The summed E-state index contributed by atoms with van der Waals surface area (Å²) >= 11 is 0. The maximum absolute atomic E-state index is 12.3. The van der Waals surface area contributed by atoms with Crippen LogP contribution in [0.15, 0.2) is 48.2 Å². The van der Waals surface area contributed by atoms with E-state index in [4.69, 9.17) is 9.47 Å². The van der Waals surface area contributed by atoms with E-state index in [1.165, 1.54) is 6.07 Å². The Kier molecular flexibility index (Phi) is 3.59. The van der Waals surface area contributed by atoms with Gasteiger partial charge in [0.2, 0.25) is 5.78 Å². The van der Waals surface area contributed by atoms with E-state index in [-0.39, 0.29) is 23.4 Å². The number of fused-ring (bicyclic) bond motifs is 1. The van der Waals surface area contributed by atoms with Gasteiger partial charge < -0.3 is 14.6 Å². The largest absolute Gasteiger partial charge is 0.504 e. The Balaban J connectivity index is 1.92. The zero-order valence-corrected chi connectivity index (χ0v) is 12.4. The first-order valence-corrected chi connectivity index (χ1v) is 7.07. The molecule has 4 nitrogen and oxygen atoms in total. The normalized spacial score (nSPS) is 15.0. The van der Waals surface area contributed by atoms with Crippen LogP contribution in [0.1, 0.15) is 29.8 Å². The lowest BCUT2D eigenvalue weighted by molar-refractivity contribution is 0.101. The monoisotopic (exact) mass is 296 g/mol. The number of carbonyl (C=O) groups is 1. The van der Waals surface area contributed by atoms with Crippen LogP contribution < -0.4 is 9.47 Å². The number of aromatic hydroxyl groups is 1. The van der Waals surface area contributed by atoms with Crippen LogP contribution in [0.3, 0.4) is 0 Å². The van der Waals surface area contributed by atoms with Gasteiger partial charge in [-0.3, -0.25) is 4.79 Å². The second-order valence-corrected chi connectivity index (χ2v) is 5.33. The highest BCUT2D eigenvalue weighted by Gasteiger charge is 2.26. The van der Waals surface area contributed by atoms with Crippen molar-refractivity contribution in [3.05, 3.63) is 59.4 Å². The molecule has 0 bridgehead atoms. The van der Waals surface area contributed by atoms with E-state index in [1.54, 1.807) is 36.4 Å². The summed E-state index contributed by atoms with van der Waals surface area (Å²) in [7, 11) is 0. The molecule has 22 heavy (non-hydrogen) atoms. The third-order valence-electron chi connectivity index (χ3n) is 3.22. The van der Waals surface area contributed by atoms with Crippen LogP contribution in [0, 0.1) is 0 Å². The van der Waals surface area contributed by atoms with Crippen molar-refractivity contribution in [1.82, 2.24) is 0 Å². The van der Waals surface area contributed by atoms with Crippen molar-refractivity contribution in [3.63, 3.8) is 0 Å². The lowest BCUT2D eigenvalue weighted by Crippen LogP contribution is -2.05. The van der Waals surface area contributed by atoms with Crippen molar-refractivity contribution in [1.29, 1.82) is 0 Å². The summed E-state index contributed by atoms with van der Waals surface area (Å²) in [6.07, 6.45) is 1.59. The van der Waals surface area contributed by atoms with Crippen molar-refractivity contribution in [2.75, 3.05) is 0 Å². The molecule has 0 unspecified atom stereocenters. The number of Topliss-reactive ketones (excluding diaryl/α,β-unsaturated/α-hetero) is 1. The lowest BCUT2D eigenvalue weighted by atomic mass is 10.1. The molecular formula is C18H16O4. The van der Waals surface area contributed by atoms with Gasteiger partial charge >= 0.3 is 0 Å². The smallest absolute Gasteiger partial charge is 0.231 e. The number of allylic oxidation sites excluding steroid dienone is 1. The van der Waals surface area contributed by atoms with Crippen molar-refractivity contribution in [3.8, 4) is 17.2 Å². The average molecular weight is 296 g/mol. The summed E-state index contributed by atoms with van der Waals surface area (Å²) in [5.74, 6) is 1.14. The van der Waals surface area contributed by atoms with Crippen LogP contribution in [0.5, 0.6) is 17.2 Å². The summed E-state index contributed by atoms with van der Waals surface area (Å²) in [6.45, 7) is 3.76. The number of benzene rings is 2. The molecule has 1 heterocycles. The zero-order chi connectivity index (χ0) is 15.7. The summed E-state index contributed by atoms with van der Waals surface area (Å²) in [5, 5.41) is 9.79. The Bertz CT molecular complexity index is 759. The van der Waals surface area contributed by atoms with Crippen molar-refractivity contribution < 1.29 is 19.4 Å². The molecule has 0 aromatic heterocycles. The molecule has 0 fully saturated rings. The van der Waals surface area contributed by atoms with Gasteiger partial charge in [-0.25, -0.2) is 0 Å². The average Bonchev–Trinajstić information content (AvgIpc) is 2.79. The number of ketones is 1. The fourth-order valence-electron chi connectivity index (χ4n) is 2.26. The van der Waals surface area contributed by atoms with Crippen LogP contribution in [0.2, 0.25) is 0 Å². The summed E-state index contributed by atoms with van der Waals surface area (Å²) < 4.78 is 11.1. The standard InChI is InChI=1S/C18H16O4/c1-11(2)21-16-9-12(7-8-14(16)19)10-17-18(20)13-5-3-4-6-15(13)22-17/h3-11,19H,1-2H3/b17-10-. The quantitative estimate of drug-likeness (QED) is 0.875. The first-order valence-electron chi connectivity index (χ1n) is 7.07. The number of para-hydroxylation sites is 1. The zero-order valence-electron chi connectivity index (χ0n) is 12.4. The van der Waals surface area contributed by atoms with Gasteiger partial charge in [-0.05, 0) is 49.8 Å². The first kappa shape index (κ1) is 14.2. The predicted molar refractivity (Wildman–Crippen MR) is 83.2 cm³/mol. The molecule has 3 rings (SSSR count). The van der Waals surface area contributed by atoms with Gasteiger partial charge in [-0.2, -0.15) is 0 Å². The maximum atomic E-state index is 12.3. The number of hydrogen-bond acceptors (Lipinski definition) is 4. The van der Waals surface area contributed by atoms with Crippen LogP contribution in [0.4, 0.5) is 0 Å². The summed E-state index contributed by atoms with van der Waals surface area (Å²) in [6, 6.07) is 12.1. The Hall–Kier alpha value is -2.75. The van der Waals surface area contributed by atoms with E-state index in [0.717, 1.165) is 5.56 Å². The van der Waals surface area contributed by atoms with Crippen LogP contribution in [0.25, 0.3) is 6.08 Å². The molecule has 1 N–H and O–H groups in total. The molecule has 1 aliphatic rings. The van der Waals surface area contributed by atoms with E-state index >= 15 is 0 Å². The Labute approximate surface area is 128 Å². The number of ether oxygens (including phenoxy) is 2. The second kappa shape index (κ2) is 5.56. The lowest BCUT2D eigenvalue weighted by Gasteiger charge is -2.11. The van der Waals surface area contributed by atoms with Crippen LogP contribution in [-0.4, -0.2) is 17.0 Å². The molecule has 112 valence electrons.